The van der Waals surface area contributed by atoms with Crippen LogP contribution < -0.4 is 15.6 Å². The number of carbonyl (C=O) groups is 1. The molecule has 1 atom stereocenters. The number of benzene rings is 2. The van der Waals surface area contributed by atoms with E-state index >= 15 is 0 Å². The summed E-state index contributed by atoms with van der Waals surface area (Å²) in [6.07, 6.45) is 0.431. The maximum atomic E-state index is 12.8. The fourth-order valence-corrected chi connectivity index (χ4v) is 2.92. The van der Waals surface area contributed by atoms with Gasteiger partial charge in [-0.15, -0.1) is 0 Å². The van der Waals surface area contributed by atoms with Crippen molar-refractivity contribution in [2.75, 3.05) is 12.4 Å². The molecule has 6 heteroatoms. The first-order valence-corrected chi connectivity index (χ1v) is 9.13. The monoisotopic (exact) mass is 377 g/mol. The molecule has 28 heavy (non-hydrogen) atoms. The average molecular weight is 377 g/mol. The van der Waals surface area contributed by atoms with E-state index in [0.717, 1.165) is 11.1 Å². The molecule has 2 aromatic carbocycles. The Hall–Kier alpha value is -3.41. The molecule has 3 rings (SSSR count). The molecule has 0 fully saturated rings. The second-order valence-electron chi connectivity index (χ2n) is 6.51. The number of amides is 1. The Morgan fingerprint density at radius 3 is 2.57 bits per heavy atom. The summed E-state index contributed by atoms with van der Waals surface area (Å²) in [6, 6.07) is 17.4. The van der Waals surface area contributed by atoms with E-state index in [1.807, 2.05) is 38.1 Å². The Balaban J connectivity index is 1.90. The summed E-state index contributed by atoms with van der Waals surface area (Å²) < 4.78 is 6.44. The van der Waals surface area contributed by atoms with Crippen molar-refractivity contribution < 1.29 is 9.53 Å². The van der Waals surface area contributed by atoms with Gasteiger partial charge in [-0.25, -0.2) is 4.68 Å². The maximum Gasteiger partial charge on any atom is 0.267 e. The topological polar surface area (TPSA) is 73.2 Å². The molecule has 1 aromatic heterocycles. The van der Waals surface area contributed by atoms with Gasteiger partial charge in [-0.05, 0) is 31.5 Å². The lowest BCUT2D eigenvalue weighted by molar-refractivity contribution is -0.119. The van der Waals surface area contributed by atoms with E-state index < -0.39 is 6.04 Å². The van der Waals surface area contributed by atoms with E-state index in [1.165, 1.54) is 10.7 Å². The summed E-state index contributed by atoms with van der Waals surface area (Å²) in [5, 5.41) is 7.30. The highest BCUT2D eigenvalue weighted by molar-refractivity contribution is 5.93. The van der Waals surface area contributed by atoms with Gasteiger partial charge in [-0.1, -0.05) is 42.8 Å². The fourth-order valence-electron chi connectivity index (χ4n) is 2.92. The van der Waals surface area contributed by atoms with Crippen LogP contribution in [0.1, 0.15) is 24.9 Å². The number of methoxy groups -OCH3 is 1. The molecule has 0 radical (unpaired) electrons. The van der Waals surface area contributed by atoms with Crippen molar-refractivity contribution in [2.45, 2.75) is 26.3 Å². The molecule has 1 heterocycles. The maximum absolute atomic E-state index is 12.8. The van der Waals surface area contributed by atoms with Crippen LogP contribution in [-0.2, 0) is 4.79 Å². The minimum atomic E-state index is -0.718. The van der Waals surface area contributed by atoms with Crippen LogP contribution in [0.2, 0.25) is 0 Å². The molecule has 1 amide bonds. The first-order valence-electron chi connectivity index (χ1n) is 9.13. The molecule has 0 saturated heterocycles. The van der Waals surface area contributed by atoms with Gasteiger partial charge in [0.1, 0.15) is 11.8 Å². The molecule has 0 aliphatic carbocycles. The molecule has 0 saturated carbocycles. The van der Waals surface area contributed by atoms with Crippen LogP contribution in [0, 0.1) is 6.92 Å². The molecule has 0 aliphatic heterocycles. The summed E-state index contributed by atoms with van der Waals surface area (Å²) in [4.78, 5) is 25.3. The van der Waals surface area contributed by atoms with Crippen molar-refractivity contribution in [1.29, 1.82) is 0 Å². The van der Waals surface area contributed by atoms with E-state index in [1.54, 1.807) is 37.4 Å². The SMILES string of the molecule is CCC(C(=O)Nc1cccc(OC)c1)n1nc(-c2ccc(C)cc2)ccc1=O. The lowest BCUT2D eigenvalue weighted by atomic mass is 10.1. The van der Waals surface area contributed by atoms with Crippen LogP contribution in [0.4, 0.5) is 5.69 Å². The normalized spacial score (nSPS) is 11.7. The molecule has 1 N–H and O–H groups in total. The van der Waals surface area contributed by atoms with Gasteiger partial charge in [0.2, 0.25) is 5.91 Å². The van der Waals surface area contributed by atoms with Gasteiger partial charge in [0.25, 0.3) is 5.56 Å². The third kappa shape index (κ3) is 4.28. The van der Waals surface area contributed by atoms with Gasteiger partial charge < -0.3 is 10.1 Å². The van der Waals surface area contributed by atoms with Gasteiger partial charge >= 0.3 is 0 Å². The van der Waals surface area contributed by atoms with Crippen LogP contribution in [-0.4, -0.2) is 22.8 Å². The molecule has 3 aromatic rings. The second-order valence-corrected chi connectivity index (χ2v) is 6.51. The van der Waals surface area contributed by atoms with Crippen molar-refractivity contribution in [3.8, 4) is 17.0 Å². The number of aromatic nitrogens is 2. The highest BCUT2D eigenvalue weighted by Gasteiger charge is 2.21. The van der Waals surface area contributed by atoms with Crippen LogP contribution in [0.25, 0.3) is 11.3 Å². The number of rotatable bonds is 6. The smallest absolute Gasteiger partial charge is 0.267 e. The van der Waals surface area contributed by atoms with Crippen molar-refractivity contribution in [1.82, 2.24) is 9.78 Å². The number of ether oxygens (including phenoxy) is 1. The Kier molecular flexibility index (Phi) is 5.89. The molecule has 0 bridgehead atoms. The van der Waals surface area contributed by atoms with Crippen LogP contribution in [0.15, 0.2) is 65.5 Å². The largest absolute Gasteiger partial charge is 0.497 e. The molecule has 6 nitrogen and oxygen atoms in total. The molecular weight excluding hydrogens is 354 g/mol. The third-order valence-electron chi connectivity index (χ3n) is 4.49. The lowest BCUT2D eigenvalue weighted by Gasteiger charge is -2.18. The quantitative estimate of drug-likeness (QED) is 0.709. The van der Waals surface area contributed by atoms with E-state index in [2.05, 4.69) is 10.4 Å². The van der Waals surface area contributed by atoms with E-state index in [4.69, 9.17) is 4.74 Å². The van der Waals surface area contributed by atoms with E-state index in [9.17, 15) is 9.59 Å². The van der Waals surface area contributed by atoms with Gasteiger partial charge in [-0.2, -0.15) is 5.10 Å². The first kappa shape index (κ1) is 19.4. The number of hydrogen-bond acceptors (Lipinski definition) is 4. The zero-order valence-electron chi connectivity index (χ0n) is 16.2. The summed E-state index contributed by atoms with van der Waals surface area (Å²) >= 11 is 0. The van der Waals surface area contributed by atoms with Crippen molar-refractivity contribution in [3.63, 3.8) is 0 Å². The van der Waals surface area contributed by atoms with Gasteiger partial charge in [0.15, 0.2) is 0 Å². The minimum Gasteiger partial charge on any atom is -0.497 e. The number of carbonyl (C=O) groups excluding carboxylic acids is 1. The van der Waals surface area contributed by atoms with Gasteiger partial charge in [0, 0.05) is 23.4 Å². The second kappa shape index (κ2) is 8.52. The van der Waals surface area contributed by atoms with Crippen molar-refractivity contribution in [3.05, 3.63) is 76.6 Å². The van der Waals surface area contributed by atoms with E-state index in [0.29, 0.717) is 23.6 Å². The Morgan fingerprint density at radius 2 is 1.89 bits per heavy atom. The summed E-state index contributed by atoms with van der Waals surface area (Å²) in [5.41, 5.74) is 2.96. The zero-order valence-corrected chi connectivity index (χ0v) is 16.2. The zero-order chi connectivity index (χ0) is 20.1. The fraction of sp³-hybridized carbons (Fsp3) is 0.227. The third-order valence-corrected chi connectivity index (χ3v) is 4.49. The average Bonchev–Trinajstić information content (AvgIpc) is 2.70. The Bertz CT molecular complexity index is 1030. The number of nitrogens with zero attached hydrogens (tertiary/aromatic N) is 2. The standard InChI is InChI=1S/C22H23N3O3/c1-4-20(22(27)23-17-6-5-7-18(14-17)28-3)25-21(26)13-12-19(24-25)16-10-8-15(2)9-11-16/h5-14,20H,4H2,1-3H3,(H,23,27). The predicted octanol–water partition coefficient (Wildman–Crippen LogP) is 3.82. The highest BCUT2D eigenvalue weighted by atomic mass is 16.5. The molecule has 0 spiro atoms. The Labute approximate surface area is 163 Å². The van der Waals surface area contributed by atoms with Gasteiger partial charge in [-0.3, -0.25) is 9.59 Å². The van der Waals surface area contributed by atoms with Gasteiger partial charge in [0.05, 0.1) is 12.8 Å². The van der Waals surface area contributed by atoms with Crippen molar-refractivity contribution in [2.24, 2.45) is 0 Å². The number of nitrogens with one attached hydrogen (secondary N) is 1. The van der Waals surface area contributed by atoms with Crippen molar-refractivity contribution >= 4 is 11.6 Å². The Morgan fingerprint density at radius 1 is 1.14 bits per heavy atom. The summed E-state index contributed by atoms with van der Waals surface area (Å²) in [6.45, 7) is 3.86. The molecule has 144 valence electrons. The van der Waals surface area contributed by atoms with E-state index in [-0.39, 0.29) is 11.5 Å². The number of hydrogen-bond donors (Lipinski definition) is 1. The minimum absolute atomic E-state index is 0.300. The first-order chi connectivity index (χ1) is 13.5. The predicted molar refractivity (Wildman–Crippen MR) is 110 cm³/mol. The lowest BCUT2D eigenvalue weighted by Crippen LogP contribution is -2.34. The van der Waals surface area contributed by atoms with Crippen LogP contribution >= 0.6 is 0 Å². The summed E-state index contributed by atoms with van der Waals surface area (Å²) in [7, 11) is 1.57. The molecule has 0 aliphatic rings. The number of aryl methyl sites for hydroxylation is 1. The van der Waals surface area contributed by atoms with Crippen LogP contribution in [0.5, 0.6) is 5.75 Å². The summed E-state index contributed by atoms with van der Waals surface area (Å²) in [5.74, 6) is 0.342. The molecular formula is C22H23N3O3. The molecule has 1 unspecified atom stereocenters. The van der Waals surface area contributed by atoms with Crippen LogP contribution in [0.3, 0.4) is 0 Å². The number of anilines is 1. The highest BCUT2D eigenvalue weighted by Crippen LogP contribution is 2.20.